The standard InChI is InChI=1S/C19H34O4.C8H8O4/c1-6-15-17(21)16(20)13(4)18(22-15)23-19(5,7-2)14-10-8-12(3)9-11-14;1-4(9)5-2-6(10)8(12)7(11)3-5/h8,13-18,20-21H,6-7,9-11H2,1-5H3;2-3,10-12H,1H3/t13-,14-,15-,16-,17-,18+,19?;/m1./s1. The van der Waals surface area contributed by atoms with E-state index in [1.165, 1.54) is 12.5 Å². The summed E-state index contributed by atoms with van der Waals surface area (Å²) in [5.74, 6) is -1.67. The lowest BCUT2D eigenvalue weighted by molar-refractivity contribution is -0.313. The molecule has 1 unspecified atom stereocenters. The van der Waals surface area contributed by atoms with Crippen LogP contribution in [0.5, 0.6) is 17.2 Å². The Morgan fingerprint density at radius 2 is 1.74 bits per heavy atom. The van der Waals surface area contributed by atoms with Crippen molar-refractivity contribution in [3.8, 4) is 17.2 Å². The highest BCUT2D eigenvalue weighted by Crippen LogP contribution is 2.40. The van der Waals surface area contributed by atoms with Gasteiger partial charge in [0.05, 0.1) is 17.8 Å². The van der Waals surface area contributed by atoms with Crippen molar-refractivity contribution >= 4 is 5.78 Å². The third-order valence-corrected chi connectivity index (χ3v) is 7.48. The fraction of sp³-hybridized carbons (Fsp3) is 0.667. The molecule has 8 heteroatoms. The van der Waals surface area contributed by atoms with Crippen molar-refractivity contribution in [3.63, 3.8) is 0 Å². The van der Waals surface area contributed by atoms with E-state index in [0.717, 1.165) is 37.8 Å². The number of carbonyl (C=O) groups is 1. The van der Waals surface area contributed by atoms with Crippen LogP contribution in [0.15, 0.2) is 23.8 Å². The number of aliphatic hydroxyl groups is 2. The number of benzene rings is 1. The molecule has 0 bridgehead atoms. The number of aromatic hydroxyl groups is 3. The highest BCUT2D eigenvalue weighted by Gasteiger charge is 2.46. The second kappa shape index (κ2) is 12.2. The molecule has 0 spiro atoms. The van der Waals surface area contributed by atoms with Crippen LogP contribution in [0.2, 0.25) is 0 Å². The van der Waals surface area contributed by atoms with Crippen molar-refractivity contribution < 1.29 is 39.8 Å². The van der Waals surface area contributed by atoms with E-state index in [1.807, 2.05) is 13.8 Å². The molecule has 1 aromatic carbocycles. The first-order valence-electron chi connectivity index (χ1n) is 12.4. The number of aliphatic hydroxyl groups excluding tert-OH is 2. The maximum Gasteiger partial charge on any atom is 0.200 e. The molecule has 5 N–H and O–H groups in total. The van der Waals surface area contributed by atoms with Gasteiger partial charge in [0, 0.05) is 11.5 Å². The van der Waals surface area contributed by atoms with Gasteiger partial charge in [-0.3, -0.25) is 4.79 Å². The molecule has 7 atom stereocenters. The highest BCUT2D eigenvalue weighted by molar-refractivity contribution is 5.95. The largest absolute Gasteiger partial charge is 0.504 e. The fourth-order valence-corrected chi connectivity index (χ4v) is 4.60. The zero-order valence-corrected chi connectivity index (χ0v) is 21.7. The Kier molecular flexibility index (Phi) is 10.2. The van der Waals surface area contributed by atoms with Crippen LogP contribution >= 0.6 is 0 Å². The van der Waals surface area contributed by atoms with Crippen LogP contribution in [0.3, 0.4) is 0 Å². The van der Waals surface area contributed by atoms with Crippen molar-refractivity contribution in [2.45, 2.75) is 104 Å². The minimum atomic E-state index is -0.831. The Labute approximate surface area is 208 Å². The molecule has 8 nitrogen and oxygen atoms in total. The van der Waals surface area contributed by atoms with Crippen molar-refractivity contribution in [3.05, 3.63) is 29.3 Å². The SMILES string of the molecule is CC(=O)c1cc(O)c(O)c(O)c1.CC[C@H]1O[C@@H](OC(C)(CC)[C@@H]2CC=C(C)CC2)[C@H](C)[C@@H](O)[C@@H]1O. The number of ether oxygens (including phenoxy) is 2. The fourth-order valence-electron chi connectivity index (χ4n) is 4.60. The van der Waals surface area contributed by atoms with E-state index in [4.69, 9.17) is 24.8 Å². The average Bonchev–Trinajstić information content (AvgIpc) is 2.83. The molecular weight excluding hydrogens is 452 g/mol. The van der Waals surface area contributed by atoms with Gasteiger partial charge in [-0.15, -0.1) is 0 Å². The summed E-state index contributed by atoms with van der Waals surface area (Å²) in [7, 11) is 0. The van der Waals surface area contributed by atoms with Gasteiger partial charge < -0.3 is 35.0 Å². The molecule has 198 valence electrons. The number of rotatable bonds is 6. The Morgan fingerprint density at radius 1 is 1.14 bits per heavy atom. The summed E-state index contributed by atoms with van der Waals surface area (Å²) in [6.45, 7) is 11.7. The maximum atomic E-state index is 10.8. The first-order valence-corrected chi connectivity index (χ1v) is 12.4. The van der Waals surface area contributed by atoms with Crippen molar-refractivity contribution in [1.29, 1.82) is 0 Å². The van der Waals surface area contributed by atoms with E-state index in [0.29, 0.717) is 12.3 Å². The lowest BCUT2D eigenvalue weighted by Crippen LogP contribution is -2.56. The van der Waals surface area contributed by atoms with Gasteiger partial charge in [-0.2, -0.15) is 0 Å². The molecule has 0 radical (unpaired) electrons. The van der Waals surface area contributed by atoms with Gasteiger partial charge in [-0.05, 0) is 70.9 Å². The molecule has 0 amide bonds. The summed E-state index contributed by atoms with van der Waals surface area (Å²) in [5.41, 5.74) is 1.35. The Balaban J connectivity index is 0.000000303. The second-order valence-electron chi connectivity index (χ2n) is 10.0. The number of hydrogen-bond donors (Lipinski definition) is 5. The molecule has 35 heavy (non-hydrogen) atoms. The van der Waals surface area contributed by atoms with Gasteiger partial charge in [0.1, 0.15) is 6.10 Å². The number of Topliss-reactive ketones (excluding diaryl/α,β-unsaturated/α-hetero) is 1. The van der Waals surface area contributed by atoms with E-state index < -0.39 is 35.7 Å². The minimum absolute atomic E-state index is 0.155. The molecular formula is C27H42O8. The number of phenols is 3. The molecule has 0 aromatic heterocycles. The molecule has 2 aliphatic rings. The Hall–Kier alpha value is -2.13. The van der Waals surface area contributed by atoms with Crippen molar-refractivity contribution in [2.75, 3.05) is 0 Å². The van der Waals surface area contributed by atoms with Crippen LogP contribution in [0.25, 0.3) is 0 Å². The summed E-state index contributed by atoms with van der Waals surface area (Å²) in [6.07, 6.45) is 4.75. The Bertz CT molecular complexity index is 872. The van der Waals surface area contributed by atoms with Crippen LogP contribution in [0.1, 0.15) is 84.0 Å². The van der Waals surface area contributed by atoms with Gasteiger partial charge >= 0.3 is 0 Å². The number of ketones is 1. The molecule has 1 saturated heterocycles. The molecule has 0 saturated carbocycles. The molecule has 1 heterocycles. The topological polar surface area (TPSA) is 137 Å². The minimum Gasteiger partial charge on any atom is -0.504 e. The van der Waals surface area contributed by atoms with Crippen LogP contribution in [-0.2, 0) is 9.47 Å². The van der Waals surface area contributed by atoms with Crippen LogP contribution in [-0.4, -0.2) is 61.5 Å². The second-order valence-corrected chi connectivity index (χ2v) is 10.0. The van der Waals surface area contributed by atoms with Crippen LogP contribution in [0, 0.1) is 11.8 Å². The number of phenolic OH excluding ortho intramolecular Hbond substituents is 3. The van der Waals surface area contributed by atoms with Gasteiger partial charge in [0.25, 0.3) is 0 Å². The van der Waals surface area contributed by atoms with E-state index in [2.05, 4.69) is 26.8 Å². The highest BCUT2D eigenvalue weighted by atomic mass is 16.7. The summed E-state index contributed by atoms with van der Waals surface area (Å²) in [4.78, 5) is 10.8. The zero-order valence-electron chi connectivity index (χ0n) is 21.7. The van der Waals surface area contributed by atoms with E-state index in [1.54, 1.807) is 0 Å². The van der Waals surface area contributed by atoms with E-state index in [-0.39, 0.29) is 29.0 Å². The molecule has 3 rings (SSSR count). The van der Waals surface area contributed by atoms with Gasteiger partial charge in [0.2, 0.25) is 0 Å². The van der Waals surface area contributed by atoms with Crippen molar-refractivity contribution in [1.82, 2.24) is 0 Å². The predicted octanol–water partition coefficient (Wildman–Crippen LogP) is 4.42. The average molecular weight is 495 g/mol. The number of allylic oxidation sites excluding steroid dienone is 2. The normalized spacial score (nSPS) is 30.5. The first kappa shape index (κ1) is 29.1. The molecule has 1 fully saturated rings. The monoisotopic (exact) mass is 494 g/mol. The quantitative estimate of drug-likeness (QED) is 0.223. The number of hydrogen-bond acceptors (Lipinski definition) is 8. The maximum absolute atomic E-state index is 10.8. The predicted molar refractivity (Wildman–Crippen MR) is 132 cm³/mol. The molecule has 1 aliphatic carbocycles. The number of carbonyl (C=O) groups excluding carboxylic acids is 1. The Morgan fingerprint density at radius 3 is 2.20 bits per heavy atom. The molecule has 1 aromatic rings. The third-order valence-electron chi connectivity index (χ3n) is 7.48. The zero-order chi connectivity index (χ0) is 26.5. The third kappa shape index (κ3) is 6.97. The summed E-state index contributed by atoms with van der Waals surface area (Å²) in [5, 5.41) is 47.3. The van der Waals surface area contributed by atoms with Gasteiger partial charge in [-0.25, -0.2) is 0 Å². The van der Waals surface area contributed by atoms with Gasteiger partial charge in [0.15, 0.2) is 29.3 Å². The summed E-state index contributed by atoms with van der Waals surface area (Å²) in [6, 6.07) is 2.19. The van der Waals surface area contributed by atoms with Crippen LogP contribution < -0.4 is 0 Å². The lowest BCUT2D eigenvalue weighted by Gasteiger charge is -2.47. The summed E-state index contributed by atoms with van der Waals surface area (Å²) >= 11 is 0. The summed E-state index contributed by atoms with van der Waals surface area (Å²) < 4.78 is 12.4. The lowest BCUT2D eigenvalue weighted by atomic mass is 9.77. The van der Waals surface area contributed by atoms with E-state index >= 15 is 0 Å². The molecule has 1 aliphatic heterocycles. The smallest absolute Gasteiger partial charge is 0.200 e. The van der Waals surface area contributed by atoms with Crippen LogP contribution in [0.4, 0.5) is 0 Å². The van der Waals surface area contributed by atoms with Gasteiger partial charge in [-0.1, -0.05) is 32.4 Å². The first-order chi connectivity index (χ1) is 16.3. The van der Waals surface area contributed by atoms with E-state index in [9.17, 15) is 15.0 Å². The van der Waals surface area contributed by atoms with Crippen molar-refractivity contribution in [2.24, 2.45) is 11.8 Å².